The van der Waals surface area contributed by atoms with Crippen LogP contribution in [0.3, 0.4) is 0 Å². The first-order valence-electron chi connectivity index (χ1n) is 8.74. The van der Waals surface area contributed by atoms with E-state index in [9.17, 15) is 14.4 Å². The minimum atomic E-state index is -0.462. The van der Waals surface area contributed by atoms with Gasteiger partial charge in [0.15, 0.2) is 0 Å². The number of amides is 1. The molecule has 0 saturated heterocycles. The molecule has 1 aromatic heterocycles. The SMILES string of the molecule is COC(=O)n1cc(CN2C(=O)C=CC23CCC(=O)CC3)c2ccccc21. The predicted molar refractivity (Wildman–Crippen MR) is 95.6 cm³/mol. The Bertz CT molecular complexity index is 930. The molecule has 1 amide bonds. The number of hydrogen-bond donors (Lipinski definition) is 0. The quantitative estimate of drug-likeness (QED) is 0.833. The van der Waals surface area contributed by atoms with Gasteiger partial charge in [-0.2, -0.15) is 0 Å². The number of hydrogen-bond acceptors (Lipinski definition) is 4. The van der Waals surface area contributed by atoms with Crippen LogP contribution in [0.4, 0.5) is 4.79 Å². The molecule has 26 heavy (non-hydrogen) atoms. The average molecular weight is 352 g/mol. The van der Waals surface area contributed by atoms with Crippen LogP contribution in [0.2, 0.25) is 0 Å². The molecule has 1 aliphatic heterocycles. The average Bonchev–Trinajstić information content (AvgIpc) is 3.18. The Labute approximate surface area is 151 Å². The van der Waals surface area contributed by atoms with Gasteiger partial charge < -0.3 is 9.64 Å². The number of ether oxygens (including phenoxy) is 1. The molecule has 1 saturated carbocycles. The Hall–Kier alpha value is -2.89. The second kappa shape index (κ2) is 6.12. The molecule has 1 aliphatic carbocycles. The smallest absolute Gasteiger partial charge is 0.418 e. The summed E-state index contributed by atoms with van der Waals surface area (Å²) in [4.78, 5) is 38.1. The maximum Gasteiger partial charge on any atom is 0.418 e. The van der Waals surface area contributed by atoms with Crippen LogP contribution in [0.15, 0.2) is 42.6 Å². The number of rotatable bonds is 2. The van der Waals surface area contributed by atoms with Crippen LogP contribution in [0.5, 0.6) is 0 Å². The highest BCUT2D eigenvalue weighted by Gasteiger charge is 2.43. The van der Waals surface area contributed by atoms with Gasteiger partial charge in [-0.05, 0) is 24.5 Å². The van der Waals surface area contributed by atoms with E-state index in [4.69, 9.17) is 4.74 Å². The minimum Gasteiger partial charge on any atom is -0.452 e. The second-order valence-electron chi connectivity index (χ2n) is 6.91. The fourth-order valence-corrected chi connectivity index (χ4v) is 4.06. The summed E-state index contributed by atoms with van der Waals surface area (Å²) in [5, 5.41) is 0.916. The molecule has 1 spiro atoms. The highest BCUT2D eigenvalue weighted by molar-refractivity contribution is 5.94. The molecule has 2 aromatic rings. The van der Waals surface area contributed by atoms with Gasteiger partial charge in [0.2, 0.25) is 5.91 Å². The topological polar surface area (TPSA) is 68.6 Å². The summed E-state index contributed by atoms with van der Waals surface area (Å²) in [5.74, 6) is 0.208. The molecule has 2 aliphatic rings. The normalized spacial score (nSPS) is 18.9. The third-order valence-electron chi connectivity index (χ3n) is 5.51. The molecule has 0 unspecified atom stereocenters. The standard InChI is InChI=1S/C20H20N2O4/c1-26-19(25)21-12-14(16-4-2-3-5-17(16)21)13-22-18(24)8-11-20(22)9-6-15(23)7-10-20/h2-5,8,11-12H,6-7,9-10,13H2,1H3. The van der Waals surface area contributed by atoms with E-state index in [1.165, 1.54) is 11.7 Å². The summed E-state index contributed by atoms with van der Waals surface area (Å²) in [5.41, 5.74) is 1.25. The van der Waals surface area contributed by atoms with Gasteiger partial charge in [-0.3, -0.25) is 14.2 Å². The van der Waals surface area contributed by atoms with Crippen LogP contribution >= 0.6 is 0 Å². The van der Waals surface area contributed by atoms with Crippen molar-refractivity contribution in [1.29, 1.82) is 0 Å². The number of carbonyl (C=O) groups is 3. The lowest BCUT2D eigenvalue weighted by Crippen LogP contribution is -2.48. The van der Waals surface area contributed by atoms with Gasteiger partial charge in [0.1, 0.15) is 5.78 Å². The van der Waals surface area contributed by atoms with Gasteiger partial charge in [0.25, 0.3) is 0 Å². The number of aromatic nitrogens is 1. The highest BCUT2D eigenvalue weighted by atomic mass is 16.5. The van der Waals surface area contributed by atoms with Gasteiger partial charge >= 0.3 is 6.09 Å². The maximum absolute atomic E-state index is 12.5. The van der Waals surface area contributed by atoms with E-state index < -0.39 is 6.09 Å². The molecule has 0 radical (unpaired) electrons. The minimum absolute atomic E-state index is 0.0470. The molecule has 4 rings (SSSR count). The Morgan fingerprint density at radius 3 is 2.65 bits per heavy atom. The predicted octanol–water partition coefficient (Wildman–Crippen LogP) is 3.04. The molecule has 0 bridgehead atoms. The molecule has 0 N–H and O–H groups in total. The molecule has 1 aromatic carbocycles. The number of Topliss-reactive ketones (excluding diaryl/α,β-unsaturated/α-hetero) is 1. The largest absolute Gasteiger partial charge is 0.452 e. The van der Waals surface area contributed by atoms with Crippen LogP contribution in [-0.2, 0) is 20.9 Å². The van der Waals surface area contributed by atoms with E-state index in [0.717, 1.165) is 16.5 Å². The van der Waals surface area contributed by atoms with Crippen molar-refractivity contribution in [2.24, 2.45) is 0 Å². The molecule has 0 atom stereocenters. The van der Waals surface area contributed by atoms with Crippen LogP contribution in [-0.4, -0.2) is 39.9 Å². The number of fused-ring (bicyclic) bond motifs is 1. The zero-order valence-electron chi connectivity index (χ0n) is 14.6. The Morgan fingerprint density at radius 2 is 1.92 bits per heavy atom. The van der Waals surface area contributed by atoms with Crippen molar-refractivity contribution in [2.45, 2.75) is 37.8 Å². The summed E-state index contributed by atoms with van der Waals surface area (Å²) < 4.78 is 6.33. The first-order valence-corrected chi connectivity index (χ1v) is 8.74. The van der Waals surface area contributed by atoms with Crippen LogP contribution in [0.1, 0.15) is 31.2 Å². The second-order valence-corrected chi connectivity index (χ2v) is 6.91. The van der Waals surface area contributed by atoms with E-state index in [-0.39, 0.29) is 17.2 Å². The number of carbonyl (C=O) groups excluding carboxylic acids is 3. The van der Waals surface area contributed by atoms with E-state index in [1.807, 2.05) is 35.2 Å². The number of ketones is 1. The molecule has 1 fully saturated rings. The highest BCUT2D eigenvalue weighted by Crippen LogP contribution is 2.39. The lowest BCUT2D eigenvalue weighted by molar-refractivity contribution is -0.133. The van der Waals surface area contributed by atoms with Gasteiger partial charge in [-0.25, -0.2) is 4.79 Å². The van der Waals surface area contributed by atoms with Crippen molar-refractivity contribution < 1.29 is 19.1 Å². The molecule has 6 nitrogen and oxygen atoms in total. The van der Waals surface area contributed by atoms with E-state index >= 15 is 0 Å². The lowest BCUT2D eigenvalue weighted by atomic mass is 9.80. The maximum atomic E-state index is 12.5. The van der Waals surface area contributed by atoms with Crippen molar-refractivity contribution in [3.8, 4) is 0 Å². The van der Waals surface area contributed by atoms with Crippen LogP contribution in [0.25, 0.3) is 10.9 Å². The van der Waals surface area contributed by atoms with Crippen molar-refractivity contribution in [1.82, 2.24) is 9.47 Å². The summed E-state index contributed by atoms with van der Waals surface area (Å²) in [6.45, 7) is 0.393. The number of benzene rings is 1. The fourth-order valence-electron chi connectivity index (χ4n) is 4.06. The zero-order valence-corrected chi connectivity index (χ0v) is 14.6. The molecule has 134 valence electrons. The van der Waals surface area contributed by atoms with Gasteiger partial charge in [0, 0.05) is 37.0 Å². The monoisotopic (exact) mass is 352 g/mol. The van der Waals surface area contributed by atoms with Crippen LogP contribution in [0, 0.1) is 0 Å². The molecule has 6 heteroatoms. The molecular formula is C20H20N2O4. The Morgan fingerprint density at radius 1 is 1.19 bits per heavy atom. The van der Waals surface area contributed by atoms with Crippen molar-refractivity contribution in [2.75, 3.05) is 7.11 Å². The summed E-state index contributed by atoms with van der Waals surface area (Å²) in [6, 6.07) is 7.57. The Balaban J connectivity index is 1.71. The van der Waals surface area contributed by atoms with E-state index in [0.29, 0.717) is 32.2 Å². The summed E-state index contributed by atoms with van der Waals surface area (Å²) in [6.07, 6.45) is 7.14. The lowest BCUT2D eigenvalue weighted by Gasteiger charge is -2.40. The number of methoxy groups -OCH3 is 1. The fraction of sp³-hybridized carbons (Fsp3) is 0.350. The number of nitrogens with zero attached hydrogens (tertiary/aromatic N) is 2. The molecule has 2 heterocycles. The van der Waals surface area contributed by atoms with Crippen LogP contribution < -0.4 is 0 Å². The third kappa shape index (κ3) is 2.53. The van der Waals surface area contributed by atoms with Crippen molar-refractivity contribution in [3.05, 3.63) is 48.2 Å². The number of para-hydroxylation sites is 1. The van der Waals surface area contributed by atoms with E-state index in [2.05, 4.69) is 0 Å². The summed E-state index contributed by atoms with van der Waals surface area (Å²) >= 11 is 0. The first-order chi connectivity index (χ1) is 12.5. The Kier molecular flexibility index (Phi) is 3.90. The van der Waals surface area contributed by atoms with Gasteiger partial charge in [-0.1, -0.05) is 24.3 Å². The van der Waals surface area contributed by atoms with Gasteiger partial charge in [-0.15, -0.1) is 0 Å². The van der Waals surface area contributed by atoms with Crippen molar-refractivity contribution >= 4 is 28.7 Å². The third-order valence-corrected chi connectivity index (χ3v) is 5.51. The summed E-state index contributed by atoms with van der Waals surface area (Å²) in [7, 11) is 1.35. The first kappa shape index (κ1) is 16.6. The molecular weight excluding hydrogens is 332 g/mol. The van der Waals surface area contributed by atoms with E-state index in [1.54, 1.807) is 12.3 Å². The van der Waals surface area contributed by atoms with Crippen molar-refractivity contribution in [3.63, 3.8) is 0 Å². The zero-order chi connectivity index (χ0) is 18.3. The van der Waals surface area contributed by atoms with Gasteiger partial charge in [0.05, 0.1) is 18.2 Å².